The highest BCUT2D eigenvalue weighted by Gasteiger charge is 2.50. The summed E-state index contributed by atoms with van der Waals surface area (Å²) in [5, 5.41) is 24.7. The third kappa shape index (κ3) is 3.48. The molecule has 0 unspecified atom stereocenters. The van der Waals surface area contributed by atoms with Gasteiger partial charge in [-0.15, -0.1) is 0 Å². The summed E-state index contributed by atoms with van der Waals surface area (Å²) in [5.74, 6) is -0.929. The molecule has 8 nitrogen and oxygen atoms in total. The largest absolute Gasteiger partial charge is 0.481 e. The zero-order chi connectivity index (χ0) is 15.6. The second kappa shape index (κ2) is 5.68. The number of carboxylic acid groups (broad SMARTS) is 1. The number of halogens is 1. The van der Waals surface area contributed by atoms with E-state index in [-0.39, 0.29) is 17.9 Å². The van der Waals surface area contributed by atoms with Crippen molar-refractivity contribution in [3.8, 4) is 0 Å². The van der Waals surface area contributed by atoms with E-state index >= 15 is 0 Å². The lowest BCUT2D eigenvalue weighted by Crippen LogP contribution is -2.36. The monoisotopic (exact) mass is 357 g/mol. The van der Waals surface area contributed by atoms with E-state index < -0.39 is 22.3 Å². The first kappa shape index (κ1) is 15.2. The summed E-state index contributed by atoms with van der Waals surface area (Å²) in [4.78, 5) is 32.8. The summed E-state index contributed by atoms with van der Waals surface area (Å²) in [6, 6.07) is 3.57. The molecule has 0 atom stereocenters. The number of urea groups is 1. The van der Waals surface area contributed by atoms with Gasteiger partial charge in [-0.3, -0.25) is 14.9 Å². The third-order valence-corrected chi connectivity index (χ3v) is 3.97. The first-order valence-electron chi connectivity index (χ1n) is 6.06. The smallest absolute Gasteiger partial charge is 0.319 e. The summed E-state index contributed by atoms with van der Waals surface area (Å²) < 4.78 is 0.307. The molecule has 9 heteroatoms. The van der Waals surface area contributed by atoms with Crippen LogP contribution in [0.1, 0.15) is 12.8 Å². The topological polar surface area (TPSA) is 122 Å². The van der Waals surface area contributed by atoms with Crippen LogP contribution in [-0.2, 0) is 4.79 Å². The molecule has 0 radical (unpaired) electrons. The van der Waals surface area contributed by atoms with Gasteiger partial charge in [-0.25, -0.2) is 4.79 Å². The highest BCUT2D eigenvalue weighted by atomic mass is 79.9. The third-order valence-electron chi connectivity index (χ3n) is 3.30. The molecule has 1 fully saturated rings. The molecule has 21 heavy (non-hydrogen) atoms. The molecule has 112 valence electrons. The molecule has 2 rings (SSSR count). The van der Waals surface area contributed by atoms with E-state index in [0.717, 1.165) is 0 Å². The molecule has 1 aliphatic carbocycles. The van der Waals surface area contributed by atoms with Crippen molar-refractivity contribution in [2.24, 2.45) is 5.41 Å². The van der Waals surface area contributed by atoms with Gasteiger partial charge in [0.2, 0.25) is 0 Å². The number of nitrogens with one attached hydrogen (secondary N) is 2. The summed E-state index contributed by atoms with van der Waals surface area (Å²) >= 11 is 3.04. The van der Waals surface area contributed by atoms with Crippen LogP contribution in [0.4, 0.5) is 16.2 Å². The van der Waals surface area contributed by atoms with E-state index in [1.807, 2.05) is 0 Å². The fourth-order valence-electron chi connectivity index (χ4n) is 1.77. The predicted octanol–water partition coefficient (Wildman–Crippen LogP) is 2.34. The van der Waals surface area contributed by atoms with Gasteiger partial charge < -0.3 is 15.7 Å². The first-order chi connectivity index (χ1) is 9.84. The molecule has 1 aromatic carbocycles. The van der Waals surface area contributed by atoms with Crippen LogP contribution in [0, 0.1) is 15.5 Å². The standard InChI is InChI=1S/C12H12BrN3O5/c13-8-2-1-7(5-9(8)16(20)21)15-11(19)14-6-12(3-4-12)10(17)18/h1-2,5H,3-4,6H2,(H,17,18)(H2,14,15,19). The Hall–Kier alpha value is -2.16. The minimum atomic E-state index is -0.929. The van der Waals surface area contributed by atoms with E-state index in [2.05, 4.69) is 26.6 Å². The maximum atomic E-state index is 11.7. The van der Waals surface area contributed by atoms with Gasteiger partial charge in [-0.2, -0.15) is 0 Å². The summed E-state index contributed by atoms with van der Waals surface area (Å²) in [5.41, 5.74) is -0.775. The predicted molar refractivity (Wildman–Crippen MR) is 77.1 cm³/mol. The summed E-state index contributed by atoms with van der Waals surface area (Å²) in [7, 11) is 0. The lowest BCUT2D eigenvalue weighted by atomic mass is 10.1. The van der Waals surface area contributed by atoms with Gasteiger partial charge in [-0.1, -0.05) is 0 Å². The fraction of sp³-hybridized carbons (Fsp3) is 0.333. The van der Waals surface area contributed by atoms with Gasteiger partial charge in [0.25, 0.3) is 5.69 Å². The number of nitrogens with zero attached hydrogens (tertiary/aromatic N) is 1. The number of carbonyl (C=O) groups excluding carboxylic acids is 1. The zero-order valence-corrected chi connectivity index (χ0v) is 12.3. The number of nitro groups is 1. The average molecular weight is 358 g/mol. The molecule has 1 saturated carbocycles. The van der Waals surface area contributed by atoms with Crippen LogP contribution >= 0.6 is 15.9 Å². The van der Waals surface area contributed by atoms with E-state index in [1.54, 1.807) is 0 Å². The number of benzene rings is 1. The second-order valence-corrected chi connectivity index (χ2v) is 5.67. The molecular formula is C12H12BrN3O5. The Kier molecular flexibility index (Phi) is 4.12. The molecule has 0 aromatic heterocycles. The molecule has 0 bridgehead atoms. The van der Waals surface area contributed by atoms with Crippen LogP contribution in [0.3, 0.4) is 0 Å². The van der Waals surface area contributed by atoms with E-state index in [9.17, 15) is 19.7 Å². The molecule has 0 spiro atoms. The number of rotatable bonds is 5. The van der Waals surface area contributed by atoms with Gasteiger partial charge >= 0.3 is 12.0 Å². The van der Waals surface area contributed by atoms with Crippen LogP contribution in [0.2, 0.25) is 0 Å². The lowest BCUT2D eigenvalue weighted by molar-refractivity contribution is -0.385. The zero-order valence-electron chi connectivity index (χ0n) is 10.8. The van der Waals surface area contributed by atoms with Crippen LogP contribution in [0.5, 0.6) is 0 Å². The minimum Gasteiger partial charge on any atom is -0.481 e. The summed E-state index contributed by atoms with van der Waals surface area (Å²) in [6.45, 7) is 0.0345. The van der Waals surface area contributed by atoms with Crippen LogP contribution < -0.4 is 10.6 Å². The Morgan fingerprint density at radius 1 is 1.43 bits per heavy atom. The Morgan fingerprint density at radius 3 is 2.62 bits per heavy atom. The van der Waals surface area contributed by atoms with Crippen molar-refractivity contribution in [2.75, 3.05) is 11.9 Å². The number of anilines is 1. The number of hydrogen-bond donors (Lipinski definition) is 3. The van der Waals surface area contributed by atoms with Crippen molar-refractivity contribution in [3.63, 3.8) is 0 Å². The number of carboxylic acids is 1. The number of aliphatic carboxylic acids is 1. The number of amides is 2. The highest BCUT2D eigenvalue weighted by molar-refractivity contribution is 9.10. The highest BCUT2D eigenvalue weighted by Crippen LogP contribution is 2.45. The molecule has 1 aliphatic rings. The molecule has 0 aliphatic heterocycles. The maximum Gasteiger partial charge on any atom is 0.319 e. The Morgan fingerprint density at radius 2 is 2.10 bits per heavy atom. The van der Waals surface area contributed by atoms with Crippen molar-refractivity contribution in [2.45, 2.75) is 12.8 Å². The molecule has 0 saturated heterocycles. The van der Waals surface area contributed by atoms with Crippen molar-refractivity contribution in [1.29, 1.82) is 0 Å². The van der Waals surface area contributed by atoms with Gasteiger partial charge in [0.15, 0.2) is 0 Å². The average Bonchev–Trinajstić information content (AvgIpc) is 3.19. The Labute approximate surface area is 127 Å². The Balaban J connectivity index is 1.95. The van der Waals surface area contributed by atoms with Crippen molar-refractivity contribution in [1.82, 2.24) is 5.32 Å². The molecule has 3 N–H and O–H groups in total. The lowest BCUT2D eigenvalue weighted by Gasteiger charge is -2.12. The minimum absolute atomic E-state index is 0.0345. The van der Waals surface area contributed by atoms with Crippen molar-refractivity contribution in [3.05, 3.63) is 32.8 Å². The van der Waals surface area contributed by atoms with Crippen LogP contribution in [0.25, 0.3) is 0 Å². The van der Waals surface area contributed by atoms with E-state index in [1.165, 1.54) is 18.2 Å². The van der Waals surface area contributed by atoms with E-state index in [0.29, 0.717) is 17.3 Å². The second-order valence-electron chi connectivity index (χ2n) is 4.82. The normalized spacial score (nSPS) is 15.1. The van der Waals surface area contributed by atoms with Crippen molar-refractivity contribution >= 4 is 39.3 Å². The van der Waals surface area contributed by atoms with Gasteiger partial charge in [0.1, 0.15) is 0 Å². The van der Waals surface area contributed by atoms with Crippen molar-refractivity contribution < 1.29 is 19.6 Å². The first-order valence-corrected chi connectivity index (χ1v) is 6.85. The van der Waals surface area contributed by atoms with Gasteiger partial charge in [0, 0.05) is 18.3 Å². The van der Waals surface area contributed by atoms with Crippen LogP contribution in [0.15, 0.2) is 22.7 Å². The van der Waals surface area contributed by atoms with Gasteiger partial charge in [0.05, 0.1) is 14.8 Å². The van der Waals surface area contributed by atoms with Crippen LogP contribution in [-0.4, -0.2) is 28.6 Å². The van der Waals surface area contributed by atoms with Gasteiger partial charge in [-0.05, 0) is 40.9 Å². The molecule has 1 aromatic rings. The number of nitro benzene ring substituents is 1. The quantitative estimate of drug-likeness (QED) is 0.551. The number of hydrogen-bond acceptors (Lipinski definition) is 4. The SMILES string of the molecule is O=C(NCC1(C(=O)O)CC1)Nc1ccc(Br)c([N+](=O)[O-])c1. The fourth-order valence-corrected chi connectivity index (χ4v) is 2.16. The Bertz CT molecular complexity index is 615. The van der Waals surface area contributed by atoms with E-state index in [4.69, 9.17) is 5.11 Å². The maximum absolute atomic E-state index is 11.7. The number of carbonyl (C=O) groups is 2. The summed E-state index contributed by atoms with van der Waals surface area (Å²) in [6.07, 6.45) is 1.07. The molecule has 0 heterocycles. The molecular weight excluding hydrogens is 346 g/mol. The molecule has 2 amide bonds.